The maximum atomic E-state index is 12.1. The molecule has 1 heterocycles. The molecule has 94 valence electrons. The average molecular weight is 249 g/mol. The van der Waals surface area contributed by atoms with E-state index < -0.39 is 26.7 Å². The summed E-state index contributed by atoms with van der Waals surface area (Å²) in [5.74, 6) is -1.47. The van der Waals surface area contributed by atoms with Gasteiger partial charge in [-0.3, -0.25) is 4.79 Å². The molecule has 0 aromatic rings. The second kappa shape index (κ2) is 4.33. The normalized spacial score (nSPS) is 24.3. The maximum Gasteiger partial charge on any atom is 0.307 e. The minimum atomic E-state index is -3.40. The Morgan fingerprint density at radius 2 is 1.94 bits per heavy atom. The topological polar surface area (TPSA) is 74.7 Å². The van der Waals surface area contributed by atoms with Crippen molar-refractivity contribution in [2.75, 3.05) is 13.1 Å². The predicted octanol–water partition coefficient (Wildman–Crippen LogP) is 0.911. The Morgan fingerprint density at radius 3 is 2.38 bits per heavy atom. The van der Waals surface area contributed by atoms with Gasteiger partial charge in [0, 0.05) is 13.1 Å². The van der Waals surface area contributed by atoms with Crippen LogP contribution in [0.3, 0.4) is 0 Å². The quantitative estimate of drug-likeness (QED) is 0.789. The van der Waals surface area contributed by atoms with Crippen LogP contribution in [0.5, 0.6) is 0 Å². The van der Waals surface area contributed by atoms with Gasteiger partial charge in [0.2, 0.25) is 10.0 Å². The molecule has 0 aromatic heterocycles. The van der Waals surface area contributed by atoms with E-state index in [1.165, 1.54) is 4.31 Å². The molecule has 1 aliphatic heterocycles. The molecule has 0 aliphatic carbocycles. The van der Waals surface area contributed by atoms with E-state index in [-0.39, 0.29) is 6.54 Å². The number of hydrogen-bond donors (Lipinski definition) is 1. The van der Waals surface area contributed by atoms with E-state index in [0.717, 1.165) is 0 Å². The number of carbonyl (C=O) groups is 1. The highest BCUT2D eigenvalue weighted by Gasteiger charge is 2.39. The van der Waals surface area contributed by atoms with Crippen molar-refractivity contribution in [2.45, 2.75) is 38.4 Å². The summed E-state index contributed by atoms with van der Waals surface area (Å²) in [4.78, 5) is 10.9. The summed E-state index contributed by atoms with van der Waals surface area (Å²) in [6.45, 7) is 5.43. The van der Waals surface area contributed by atoms with Crippen LogP contribution in [0.25, 0.3) is 0 Å². The van der Waals surface area contributed by atoms with Crippen LogP contribution in [0.15, 0.2) is 0 Å². The third kappa shape index (κ3) is 2.55. The minimum absolute atomic E-state index is 0.106. The zero-order valence-corrected chi connectivity index (χ0v) is 10.7. The smallest absolute Gasteiger partial charge is 0.307 e. The summed E-state index contributed by atoms with van der Waals surface area (Å²) in [5, 5.41) is 8.90. The Morgan fingerprint density at radius 1 is 1.38 bits per heavy atom. The van der Waals surface area contributed by atoms with Crippen molar-refractivity contribution >= 4 is 16.0 Å². The second-order valence-corrected chi connectivity index (χ2v) is 7.84. The summed E-state index contributed by atoms with van der Waals surface area (Å²) in [6, 6.07) is 0. The lowest BCUT2D eigenvalue weighted by Gasteiger charge is -2.34. The zero-order valence-electron chi connectivity index (χ0n) is 9.93. The molecule has 1 N–H and O–H groups in total. The fourth-order valence-electron chi connectivity index (χ4n) is 1.75. The number of sulfonamides is 1. The Labute approximate surface area is 96.5 Å². The Bertz CT molecular complexity index is 369. The van der Waals surface area contributed by atoms with Gasteiger partial charge in [-0.05, 0) is 33.6 Å². The largest absolute Gasteiger partial charge is 0.481 e. The van der Waals surface area contributed by atoms with E-state index in [1.54, 1.807) is 20.8 Å². The molecular formula is C10H19NO4S. The lowest BCUT2D eigenvalue weighted by atomic mass is 10.0. The standard InChI is InChI=1S/C10H19NO4S/c1-10(2,3)16(14,15)11-6-4-5-8(7-11)9(12)13/h8H,4-7H2,1-3H3,(H,12,13)/t8-/m1/s1. The first-order valence-electron chi connectivity index (χ1n) is 5.39. The van der Waals surface area contributed by atoms with Gasteiger partial charge < -0.3 is 5.11 Å². The molecular weight excluding hydrogens is 230 g/mol. The van der Waals surface area contributed by atoms with E-state index in [4.69, 9.17) is 5.11 Å². The van der Waals surface area contributed by atoms with Crippen LogP contribution < -0.4 is 0 Å². The van der Waals surface area contributed by atoms with Gasteiger partial charge in [0.25, 0.3) is 0 Å². The van der Waals surface area contributed by atoms with Crippen molar-refractivity contribution in [3.05, 3.63) is 0 Å². The Balaban J connectivity index is 2.87. The number of piperidine rings is 1. The first kappa shape index (κ1) is 13.4. The fraction of sp³-hybridized carbons (Fsp3) is 0.900. The Kier molecular flexibility index (Phi) is 3.64. The van der Waals surface area contributed by atoms with E-state index in [9.17, 15) is 13.2 Å². The minimum Gasteiger partial charge on any atom is -0.481 e. The predicted molar refractivity (Wildman–Crippen MR) is 60.6 cm³/mol. The highest BCUT2D eigenvalue weighted by Crippen LogP contribution is 2.26. The summed E-state index contributed by atoms with van der Waals surface area (Å²) in [7, 11) is -3.40. The van der Waals surface area contributed by atoms with E-state index >= 15 is 0 Å². The van der Waals surface area contributed by atoms with Gasteiger partial charge in [-0.2, -0.15) is 0 Å². The fourth-order valence-corrected chi connectivity index (χ4v) is 3.27. The maximum absolute atomic E-state index is 12.1. The number of hydrogen-bond acceptors (Lipinski definition) is 3. The molecule has 1 fully saturated rings. The van der Waals surface area contributed by atoms with Gasteiger partial charge >= 0.3 is 5.97 Å². The van der Waals surface area contributed by atoms with Gasteiger partial charge in [-0.15, -0.1) is 0 Å². The first-order chi connectivity index (χ1) is 7.16. The van der Waals surface area contributed by atoms with E-state index in [0.29, 0.717) is 19.4 Å². The third-order valence-electron chi connectivity index (χ3n) is 2.85. The van der Waals surface area contributed by atoms with E-state index in [2.05, 4.69) is 0 Å². The lowest BCUT2D eigenvalue weighted by Crippen LogP contribution is -2.48. The Hall–Kier alpha value is -0.620. The highest BCUT2D eigenvalue weighted by atomic mass is 32.2. The van der Waals surface area contributed by atoms with Crippen LogP contribution in [0.4, 0.5) is 0 Å². The van der Waals surface area contributed by atoms with Crippen molar-refractivity contribution < 1.29 is 18.3 Å². The first-order valence-corrected chi connectivity index (χ1v) is 6.83. The van der Waals surface area contributed by atoms with Gasteiger partial charge in [-0.1, -0.05) is 0 Å². The number of aliphatic carboxylic acids is 1. The van der Waals surface area contributed by atoms with Crippen molar-refractivity contribution in [1.82, 2.24) is 4.31 Å². The number of carboxylic acids is 1. The van der Waals surface area contributed by atoms with Gasteiger partial charge in [0.05, 0.1) is 10.7 Å². The molecule has 6 heteroatoms. The molecule has 0 aromatic carbocycles. The number of nitrogens with zero attached hydrogens (tertiary/aromatic N) is 1. The molecule has 1 atom stereocenters. The van der Waals surface area contributed by atoms with Crippen molar-refractivity contribution in [2.24, 2.45) is 5.92 Å². The number of rotatable bonds is 2. The monoisotopic (exact) mass is 249 g/mol. The highest BCUT2D eigenvalue weighted by molar-refractivity contribution is 7.90. The van der Waals surface area contributed by atoms with Gasteiger partial charge in [-0.25, -0.2) is 12.7 Å². The summed E-state index contributed by atoms with van der Waals surface area (Å²) in [5.41, 5.74) is 0. The van der Waals surface area contributed by atoms with Crippen LogP contribution in [0.2, 0.25) is 0 Å². The number of carboxylic acid groups (broad SMARTS) is 1. The SMILES string of the molecule is CC(C)(C)S(=O)(=O)N1CCC[C@@H](C(=O)O)C1. The molecule has 1 rings (SSSR count). The van der Waals surface area contributed by atoms with Crippen LogP contribution in [-0.4, -0.2) is 41.6 Å². The molecule has 1 saturated heterocycles. The van der Waals surface area contributed by atoms with E-state index in [1.807, 2.05) is 0 Å². The third-order valence-corrected chi connectivity index (χ3v) is 5.41. The second-order valence-electron chi connectivity index (χ2n) is 5.15. The molecule has 1 aliphatic rings. The van der Waals surface area contributed by atoms with Crippen LogP contribution in [0, 0.1) is 5.92 Å². The van der Waals surface area contributed by atoms with Crippen LogP contribution >= 0.6 is 0 Å². The zero-order chi connectivity index (χ0) is 12.6. The van der Waals surface area contributed by atoms with Gasteiger partial charge in [0.15, 0.2) is 0 Å². The molecule has 16 heavy (non-hydrogen) atoms. The van der Waals surface area contributed by atoms with Crippen molar-refractivity contribution in [1.29, 1.82) is 0 Å². The molecule has 5 nitrogen and oxygen atoms in total. The summed E-state index contributed by atoms with van der Waals surface area (Å²) < 4.78 is 24.7. The molecule has 0 bridgehead atoms. The van der Waals surface area contributed by atoms with Crippen molar-refractivity contribution in [3.63, 3.8) is 0 Å². The molecule has 0 saturated carbocycles. The molecule has 0 amide bonds. The summed E-state index contributed by atoms with van der Waals surface area (Å²) >= 11 is 0. The molecule has 0 spiro atoms. The van der Waals surface area contributed by atoms with Crippen molar-refractivity contribution in [3.8, 4) is 0 Å². The van der Waals surface area contributed by atoms with Crippen LogP contribution in [-0.2, 0) is 14.8 Å². The average Bonchev–Trinajstić information content (AvgIpc) is 2.16. The van der Waals surface area contributed by atoms with Crippen LogP contribution in [0.1, 0.15) is 33.6 Å². The molecule has 0 radical (unpaired) electrons. The summed E-state index contributed by atoms with van der Waals surface area (Å²) in [6.07, 6.45) is 1.18. The van der Waals surface area contributed by atoms with Gasteiger partial charge in [0.1, 0.15) is 0 Å². The molecule has 0 unspecified atom stereocenters. The lowest BCUT2D eigenvalue weighted by molar-refractivity contribution is -0.142.